The maximum absolute atomic E-state index is 4.59. The van der Waals surface area contributed by atoms with Crippen molar-refractivity contribution in [3.63, 3.8) is 0 Å². The van der Waals surface area contributed by atoms with Crippen LogP contribution in [-0.4, -0.2) is 19.3 Å². The Morgan fingerprint density at radius 3 is 2.35 bits per heavy atom. The van der Waals surface area contributed by atoms with Crippen LogP contribution in [0.25, 0.3) is 55.5 Å². The van der Waals surface area contributed by atoms with E-state index in [4.69, 9.17) is 0 Å². The zero-order valence-corrected chi connectivity index (χ0v) is 18.6. The normalized spacial score (nSPS) is 11.9. The van der Waals surface area contributed by atoms with Crippen molar-refractivity contribution in [2.75, 3.05) is 0 Å². The fourth-order valence-corrected chi connectivity index (χ4v) is 4.72. The van der Waals surface area contributed by atoms with Crippen LogP contribution in [0.1, 0.15) is 0 Å². The molecular weight excluding hydrogens is 416 g/mol. The van der Waals surface area contributed by atoms with Gasteiger partial charge in [0.05, 0.1) is 22.2 Å². The zero-order valence-electron chi connectivity index (χ0n) is 18.6. The Labute approximate surface area is 197 Å². The number of allylic oxidation sites excluding steroid dienone is 4. The van der Waals surface area contributed by atoms with Gasteiger partial charge in [0, 0.05) is 33.6 Å². The number of nitrogens with zero attached hydrogens (tertiary/aromatic N) is 4. The number of hydrogen-bond donors (Lipinski definition) is 0. The van der Waals surface area contributed by atoms with E-state index in [0.29, 0.717) is 0 Å². The lowest BCUT2D eigenvalue weighted by atomic mass is 10.1. The summed E-state index contributed by atoms with van der Waals surface area (Å²) in [5.74, 6) is 0.782. The van der Waals surface area contributed by atoms with Crippen LogP contribution < -0.4 is 0 Å². The third-order valence-electron chi connectivity index (χ3n) is 6.21. The molecule has 0 aliphatic heterocycles. The lowest BCUT2D eigenvalue weighted by Crippen LogP contribution is -1.99. The first-order valence-corrected chi connectivity index (χ1v) is 11.2. The summed E-state index contributed by atoms with van der Waals surface area (Å²) in [5.41, 5.74) is 6.22. The van der Waals surface area contributed by atoms with E-state index in [0.717, 1.165) is 44.7 Å². The Bertz CT molecular complexity index is 1720. The number of rotatable bonds is 5. The van der Waals surface area contributed by atoms with Crippen molar-refractivity contribution in [3.8, 4) is 17.1 Å². The molecule has 6 rings (SSSR count). The van der Waals surface area contributed by atoms with E-state index in [-0.39, 0.29) is 0 Å². The first-order chi connectivity index (χ1) is 16.8. The summed E-state index contributed by atoms with van der Waals surface area (Å²) in [6.45, 7) is 7.93. The molecule has 0 fully saturated rings. The number of para-hydroxylation sites is 1. The van der Waals surface area contributed by atoms with Crippen molar-refractivity contribution < 1.29 is 0 Å². The van der Waals surface area contributed by atoms with Gasteiger partial charge in [-0.05, 0) is 42.5 Å². The minimum atomic E-state index is 0.782. The molecule has 0 aliphatic carbocycles. The Morgan fingerprint density at radius 1 is 0.765 bits per heavy atom. The minimum absolute atomic E-state index is 0.782. The predicted molar refractivity (Wildman–Crippen MR) is 142 cm³/mol. The van der Waals surface area contributed by atoms with Gasteiger partial charge in [0.15, 0.2) is 5.82 Å². The molecular formula is C30H22N4. The van der Waals surface area contributed by atoms with Crippen LogP contribution in [0.15, 0.2) is 123 Å². The van der Waals surface area contributed by atoms with Gasteiger partial charge in [0.25, 0.3) is 0 Å². The quantitative estimate of drug-likeness (QED) is 0.263. The van der Waals surface area contributed by atoms with Crippen LogP contribution in [0.4, 0.5) is 0 Å². The summed E-state index contributed by atoms with van der Waals surface area (Å²) in [6, 6.07) is 29.1. The van der Waals surface area contributed by atoms with Crippen LogP contribution >= 0.6 is 0 Å². The minimum Gasteiger partial charge on any atom is -0.309 e. The Morgan fingerprint density at radius 2 is 1.59 bits per heavy atom. The highest BCUT2D eigenvalue weighted by Gasteiger charge is 2.17. The van der Waals surface area contributed by atoms with E-state index in [1.807, 2.05) is 54.6 Å². The van der Waals surface area contributed by atoms with Gasteiger partial charge < -0.3 is 4.57 Å². The van der Waals surface area contributed by atoms with Crippen molar-refractivity contribution in [1.29, 1.82) is 0 Å². The Hall–Kier alpha value is -4.70. The maximum Gasteiger partial charge on any atom is 0.159 e. The van der Waals surface area contributed by atoms with Gasteiger partial charge in [0.2, 0.25) is 0 Å². The topological polar surface area (TPSA) is 35.6 Å². The van der Waals surface area contributed by atoms with Crippen LogP contribution in [0.5, 0.6) is 0 Å². The molecule has 4 heteroatoms. The van der Waals surface area contributed by atoms with Crippen LogP contribution in [0, 0.1) is 0 Å². The summed E-state index contributed by atoms with van der Waals surface area (Å²) >= 11 is 0. The van der Waals surface area contributed by atoms with Gasteiger partial charge in [0.1, 0.15) is 0 Å². The highest BCUT2D eigenvalue weighted by atomic mass is 15.2. The smallest absolute Gasteiger partial charge is 0.159 e. The second-order valence-electron chi connectivity index (χ2n) is 8.11. The SMILES string of the molecule is C=C/C=C(\C=C)n1c2ccccc2c2c3c(ccc21)ccn3-c1ccc(-c2ccccc2)nn1. The Kier molecular flexibility index (Phi) is 4.70. The van der Waals surface area contributed by atoms with Crippen LogP contribution in [-0.2, 0) is 0 Å². The number of hydrogen-bond acceptors (Lipinski definition) is 2. The zero-order chi connectivity index (χ0) is 23.1. The second-order valence-corrected chi connectivity index (χ2v) is 8.11. The second kappa shape index (κ2) is 8.01. The monoisotopic (exact) mass is 438 g/mol. The molecule has 0 amide bonds. The molecule has 0 saturated heterocycles. The molecule has 0 N–H and O–H groups in total. The van der Waals surface area contributed by atoms with Crippen molar-refractivity contribution >= 4 is 38.4 Å². The molecule has 162 valence electrons. The molecule has 4 nitrogen and oxygen atoms in total. The van der Waals surface area contributed by atoms with Crippen molar-refractivity contribution in [2.45, 2.75) is 0 Å². The van der Waals surface area contributed by atoms with E-state index in [1.165, 1.54) is 10.8 Å². The molecule has 0 bridgehead atoms. The largest absolute Gasteiger partial charge is 0.309 e. The lowest BCUT2D eigenvalue weighted by molar-refractivity contribution is 0.943. The third kappa shape index (κ3) is 3.00. The van der Waals surface area contributed by atoms with Crippen molar-refractivity contribution in [3.05, 3.63) is 123 Å². The third-order valence-corrected chi connectivity index (χ3v) is 6.21. The van der Waals surface area contributed by atoms with E-state index in [1.54, 1.807) is 6.08 Å². The summed E-state index contributed by atoms with van der Waals surface area (Å²) in [6.07, 6.45) is 7.71. The molecule has 0 atom stereocenters. The molecule has 0 aliphatic rings. The maximum atomic E-state index is 4.59. The summed E-state index contributed by atoms with van der Waals surface area (Å²) in [4.78, 5) is 0. The number of benzene rings is 3. The fourth-order valence-electron chi connectivity index (χ4n) is 4.72. The van der Waals surface area contributed by atoms with Crippen LogP contribution in [0.2, 0.25) is 0 Å². The first-order valence-electron chi connectivity index (χ1n) is 11.2. The highest BCUT2D eigenvalue weighted by Crippen LogP contribution is 2.38. The Balaban J connectivity index is 1.63. The summed E-state index contributed by atoms with van der Waals surface area (Å²) < 4.78 is 4.36. The average molecular weight is 439 g/mol. The van der Waals surface area contributed by atoms with E-state index in [9.17, 15) is 0 Å². The molecule has 0 spiro atoms. The van der Waals surface area contributed by atoms with Gasteiger partial charge in [-0.3, -0.25) is 4.57 Å². The van der Waals surface area contributed by atoms with Gasteiger partial charge in [-0.1, -0.05) is 73.8 Å². The van der Waals surface area contributed by atoms with E-state index >= 15 is 0 Å². The number of fused-ring (bicyclic) bond motifs is 5. The molecule has 3 heterocycles. The van der Waals surface area contributed by atoms with E-state index < -0.39 is 0 Å². The highest BCUT2D eigenvalue weighted by molar-refractivity contribution is 6.21. The molecule has 34 heavy (non-hydrogen) atoms. The van der Waals surface area contributed by atoms with Gasteiger partial charge in [-0.15, -0.1) is 10.2 Å². The summed E-state index contributed by atoms with van der Waals surface area (Å²) in [7, 11) is 0. The molecule has 0 radical (unpaired) electrons. The molecule has 0 saturated carbocycles. The van der Waals surface area contributed by atoms with E-state index in [2.05, 4.69) is 81.2 Å². The molecule has 6 aromatic rings. The fraction of sp³-hybridized carbons (Fsp3) is 0. The van der Waals surface area contributed by atoms with Crippen LogP contribution in [0.3, 0.4) is 0 Å². The molecule has 0 unspecified atom stereocenters. The first kappa shape index (κ1) is 19.9. The van der Waals surface area contributed by atoms with Gasteiger partial charge >= 0.3 is 0 Å². The lowest BCUT2D eigenvalue weighted by Gasteiger charge is -2.09. The summed E-state index contributed by atoms with van der Waals surface area (Å²) in [5, 5.41) is 12.6. The molecule has 3 aromatic carbocycles. The van der Waals surface area contributed by atoms with Crippen molar-refractivity contribution in [2.24, 2.45) is 0 Å². The van der Waals surface area contributed by atoms with Crippen molar-refractivity contribution in [1.82, 2.24) is 19.3 Å². The van der Waals surface area contributed by atoms with Gasteiger partial charge in [-0.2, -0.15) is 0 Å². The standard InChI is InChI=1S/C30H22N4/c1-3-10-23(4-2)34-26-14-9-8-13-24(26)29-27(34)17-15-22-19-20-33(30(22)29)28-18-16-25(31-32-28)21-11-6-5-7-12-21/h3-20H,1-2H2/b23-10+. The number of aromatic nitrogens is 4. The predicted octanol–water partition coefficient (Wildman–Crippen LogP) is 7.41. The average Bonchev–Trinajstić information content (AvgIpc) is 3.47. The molecule has 3 aromatic heterocycles. The van der Waals surface area contributed by atoms with Gasteiger partial charge in [-0.25, -0.2) is 0 Å².